The van der Waals surface area contributed by atoms with Crippen molar-refractivity contribution in [2.24, 2.45) is 0 Å². The van der Waals surface area contributed by atoms with Crippen molar-refractivity contribution in [3.8, 4) is 0 Å². The first-order chi connectivity index (χ1) is 11.2. The number of unbranched alkanes of at least 4 members (excludes halogenated alkanes) is 7. The fourth-order valence-corrected chi connectivity index (χ4v) is 2.97. The largest absolute Gasteiger partial charge is 0.466 e. The van der Waals surface area contributed by atoms with E-state index in [4.69, 9.17) is 9.47 Å². The molecular formula is C18H34O4S. The Bertz CT molecular complexity index is 295. The minimum absolute atomic E-state index is 0.128. The van der Waals surface area contributed by atoms with E-state index in [-0.39, 0.29) is 11.9 Å². The molecule has 0 rings (SSSR count). The van der Waals surface area contributed by atoms with Crippen molar-refractivity contribution in [3.63, 3.8) is 0 Å². The van der Waals surface area contributed by atoms with Crippen molar-refractivity contribution in [2.45, 2.75) is 78.1 Å². The van der Waals surface area contributed by atoms with E-state index < -0.39 is 0 Å². The third kappa shape index (κ3) is 17.5. The molecule has 0 aliphatic carbocycles. The first kappa shape index (κ1) is 22.3. The lowest BCUT2D eigenvalue weighted by molar-refractivity contribution is -0.143. The van der Waals surface area contributed by atoms with Gasteiger partial charge in [0.15, 0.2) is 0 Å². The summed E-state index contributed by atoms with van der Waals surface area (Å²) in [5.41, 5.74) is 0. The van der Waals surface area contributed by atoms with E-state index in [0.717, 1.165) is 12.8 Å². The Balaban J connectivity index is 3.23. The molecule has 0 aromatic rings. The molecule has 0 fully saturated rings. The number of carbonyl (C=O) groups is 2. The number of rotatable bonds is 16. The van der Waals surface area contributed by atoms with Gasteiger partial charge in [-0.1, -0.05) is 51.9 Å². The van der Waals surface area contributed by atoms with Gasteiger partial charge in [-0.3, -0.25) is 9.59 Å². The van der Waals surface area contributed by atoms with Crippen LogP contribution in [0.4, 0.5) is 0 Å². The molecule has 0 aromatic carbocycles. The maximum Gasteiger partial charge on any atom is 0.306 e. The Kier molecular flexibility index (Phi) is 17.1. The van der Waals surface area contributed by atoms with Gasteiger partial charge in [0.05, 0.1) is 26.1 Å². The predicted molar refractivity (Wildman–Crippen MR) is 96.8 cm³/mol. The van der Waals surface area contributed by atoms with Gasteiger partial charge in [0.1, 0.15) is 0 Å². The number of hydrogen-bond donors (Lipinski definition) is 0. The van der Waals surface area contributed by atoms with E-state index in [0.29, 0.717) is 37.6 Å². The first-order valence-electron chi connectivity index (χ1n) is 9.09. The zero-order valence-electron chi connectivity index (χ0n) is 14.9. The van der Waals surface area contributed by atoms with Crippen LogP contribution in [0.15, 0.2) is 0 Å². The minimum atomic E-state index is -0.169. The first-order valence-corrected chi connectivity index (χ1v) is 10.2. The zero-order chi connectivity index (χ0) is 17.2. The number of carbonyl (C=O) groups excluding carboxylic acids is 2. The van der Waals surface area contributed by atoms with Crippen LogP contribution in [0.2, 0.25) is 0 Å². The average molecular weight is 347 g/mol. The smallest absolute Gasteiger partial charge is 0.306 e. The van der Waals surface area contributed by atoms with E-state index in [9.17, 15) is 9.59 Å². The van der Waals surface area contributed by atoms with E-state index >= 15 is 0 Å². The molecule has 0 atom stereocenters. The van der Waals surface area contributed by atoms with Crippen molar-refractivity contribution in [1.29, 1.82) is 0 Å². The van der Waals surface area contributed by atoms with Gasteiger partial charge in [-0.15, -0.1) is 0 Å². The summed E-state index contributed by atoms with van der Waals surface area (Å²) in [5, 5.41) is 0. The summed E-state index contributed by atoms with van der Waals surface area (Å²) in [5.74, 6) is 1.11. The molecule has 0 amide bonds. The van der Waals surface area contributed by atoms with Crippen LogP contribution in [0, 0.1) is 0 Å². The van der Waals surface area contributed by atoms with Crippen molar-refractivity contribution < 1.29 is 19.1 Å². The van der Waals surface area contributed by atoms with Crippen LogP contribution in [0.3, 0.4) is 0 Å². The minimum Gasteiger partial charge on any atom is -0.466 e. The van der Waals surface area contributed by atoms with Gasteiger partial charge in [-0.25, -0.2) is 0 Å². The molecule has 23 heavy (non-hydrogen) atoms. The summed E-state index contributed by atoms with van der Waals surface area (Å²) in [6, 6.07) is 0. The van der Waals surface area contributed by atoms with Crippen molar-refractivity contribution in [2.75, 3.05) is 24.7 Å². The van der Waals surface area contributed by atoms with Gasteiger partial charge in [0.25, 0.3) is 0 Å². The van der Waals surface area contributed by atoms with Crippen LogP contribution in [0.5, 0.6) is 0 Å². The third-order valence-electron chi connectivity index (χ3n) is 3.47. The molecule has 0 spiro atoms. The number of hydrogen-bond acceptors (Lipinski definition) is 5. The molecule has 0 aliphatic heterocycles. The molecule has 0 saturated carbocycles. The fraction of sp³-hybridized carbons (Fsp3) is 0.889. The highest BCUT2D eigenvalue weighted by Crippen LogP contribution is 2.09. The Morgan fingerprint density at radius 3 is 1.83 bits per heavy atom. The quantitative estimate of drug-likeness (QED) is 0.298. The number of ether oxygens (including phenoxy) is 2. The SMILES string of the molecule is CCCCCCCCCCOC(=O)CCSCCC(=O)OCC. The lowest BCUT2D eigenvalue weighted by Crippen LogP contribution is -2.08. The second-order valence-corrected chi connectivity index (χ2v) is 6.84. The van der Waals surface area contributed by atoms with Gasteiger partial charge >= 0.3 is 11.9 Å². The molecule has 4 nitrogen and oxygen atoms in total. The lowest BCUT2D eigenvalue weighted by Gasteiger charge is -2.05. The Hall–Kier alpha value is -0.710. The highest BCUT2D eigenvalue weighted by molar-refractivity contribution is 7.99. The summed E-state index contributed by atoms with van der Waals surface area (Å²) >= 11 is 1.59. The molecule has 0 saturated heterocycles. The molecule has 136 valence electrons. The normalized spacial score (nSPS) is 10.5. The Morgan fingerprint density at radius 1 is 0.739 bits per heavy atom. The van der Waals surface area contributed by atoms with Crippen LogP contribution in [-0.2, 0) is 19.1 Å². The van der Waals surface area contributed by atoms with Crippen LogP contribution in [0.25, 0.3) is 0 Å². The van der Waals surface area contributed by atoms with Gasteiger partial charge in [-0.05, 0) is 13.3 Å². The highest BCUT2D eigenvalue weighted by Gasteiger charge is 2.04. The molecule has 0 aliphatic rings. The monoisotopic (exact) mass is 346 g/mol. The maximum absolute atomic E-state index is 11.5. The zero-order valence-corrected chi connectivity index (χ0v) is 15.8. The molecule has 0 unspecified atom stereocenters. The van der Waals surface area contributed by atoms with E-state index in [1.54, 1.807) is 18.7 Å². The van der Waals surface area contributed by atoms with Crippen LogP contribution < -0.4 is 0 Å². The topological polar surface area (TPSA) is 52.6 Å². The van der Waals surface area contributed by atoms with Gasteiger partial charge in [-0.2, -0.15) is 11.8 Å². The maximum atomic E-state index is 11.5. The number of esters is 2. The highest BCUT2D eigenvalue weighted by atomic mass is 32.2. The van der Waals surface area contributed by atoms with Crippen LogP contribution >= 0.6 is 11.8 Å². The van der Waals surface area contributed by atoms with E-state index in [2.05, 4.69) is 6.92 Å². The summed E-state index contributed by atoms with van der Waals surface area (Å²) in [7, 11) is 0. The van der Waals surface area contributed by atoms with E-state index in [1.807, 2.05) is 0 Å². The fourth-order valence-electron chi connectivity index (χ4n) is 2.14. The molecule has 0 heterocycles. The second-order valence-electron chi connectivity index (χ2n) is 5.61. The number of thioether (sulfide) groups is 1. The van der Waals surface area contributed by atoms with E-state index in [1.165, 1.54) is 38.5 Å². The third-order valence-corrected chi connectivity index (χ3v) is 4.45. The predicted octanol–water partition coefficient (Wildman–Crippen LogP) is 4.75. The summed E-state index contributed by atoms with van der Waals surface area (Å²) in [6.45, 7) is 5.00. The van der Waals surface area contributed by atoms with Crippen molar-refractivity contribution >= 4 is 23.7 Å². The molecular weight excluding hydrogens is 312 g/mol. The Labute approximate surface area is 146 Å². The Morgan fingerprint density at radius 2 is 1.26 bits per heavy atom. The van der Waals surface area contributed by atoms with Crippen molar-refractivity contribution in [3.05, 3.63) is 0 Å². The van der Waals surface area contributed by atoms with Gasteiger partial charge in [0.2, 0.25) is 0 Å². The van der Waals surface area contributed by atoms with Gasteiger partial charge < -0.3 is 9.47 Å². The van der Waals surface area contributed by atoms with Crippen LogP contribution in [-0.4, -0.2) is 36.7 Å². The molecule has 0 N–H and O–H groups in total. The van der Waals surface area contributed by atoms with Crippen molar-refractivity contribution in [1.82, 2.24) is 0 Å². The molecule has 0 bridgehead atoms. The van der Waals surface area contributed by atoms with Gasteiger partial charge in [0, 0.05) is 11.5 Å². The van der Waals surface area contributed by atoms with Crippen LogP contribution in [0.1, 0.15) is 78.1 Å². The average Bonchev–Trinajstić information content (AvgIpc) is 2.53. The summed E-state index contributed by atoms with van der Waals surface area (Å²) < 4.78 is 10.0. The summed E-state index contributed by atoms with van der Waals surface area (Å²) in [4.78, 5) is 22.6. The second kappa shape index (κ2) is 17.6. The molecule has 5 heteroatoms. The molecule has 0 aromatic heterocycles. The standard InChI is InChI=1S/C18H34O4S/c1-3-5-6-7-8-9-10-11-14-22-18(20)13-16-23-15-12-17(19)21-4-2/h3-16H2,1-2H3. The summed E-state index contributed by atoms with van der Waals surface area (Å²) in [6.07, 6.45) is 10.8. The molecule has 0 radical (unpaired) electrons. The lowest BCUT2D eigenvalue weighted by atomic mass is 10.1.